The van der Waals surface area contributed by atoms with Gasteiger partial charge in [0, 0.05) is 29.2 Å². The molecule has 2 unspecified atom stereocenters. The van der Waals surface area contributed by atoms with E-state index in [1.54, 1.807) is 42.5 Å². The molecule has 2 aromatic carbocycles. The van der Waals surface area contributed by atoms with Gasteiger partial charge in [0.25, 0.3) is 5.89 Å². The third-order valence-electron chi connectivity index (χ3n) is 7.38. The molecule has 228 valence electrons. The maximum Gasteiger partial charge on any atom is 0.405 e. The molecule has 2 heterocycles. The number of alkyl halides is 3. The number of nitrogens with two attached hydrogens (primary N) is 1. The molecule has 1 aliphatic rings. The van der Waals surface area contributed by atoms with Crippen molar-refractivity contribution in [2.75, 3.05) is 22.9 Å². The number of hydrogen-bond acceptors (Lipinski definition) is 9. The van der Waals surface area contributed by atoms with Gasteiger partial charge in [-0.25, -0.2) is 9.78 Å². The van der Waals surface area contributed by atoms with Gasteiger partial charge >= 0.3 is 18.2 Å². The Hall–Kier alpha value is -4.35. The number of carbonyl (C=O) groups excluding carboxylic acids is 1. The highest BCUT2D eigenvalue weighted by atomic mass is 19.4. The van der Waals surface area contributed by atoms with E-state index in [0.29, 0.717) is 40.0 Å². The summed E-state index contributed by atoms with van der Waals surface area (Å²) < 4.78 is 50.3. The lowest BCUT2D eigenvalue weighted by molar-refractivity contribution is -0.115. The van der Waals surface area contributed by atoms with Crippen LogP contribution < -0.4 is 16.4 Å². The summed E-state index contributed by atoms with van der Waals surface area (Å²) in [7, 11) is 0. The number of anilines is 3. The monoisotopic (exact) mass is 596 g/mol. The quantitative estimate of drug-likeness (QED) is 0.151. The lowest BCUT2D eigenvalue weighted by atomic mass is 9.84. The first-order valence-corrected chi connectivity index (χ1v) is 14.3. The van der Waals surface area contributed by atoms with Crippen molar-refractivity contribution in [3.63, 3.8) is 0 Å². The Bertz CT molecular complexity index is 1580. The van der Waals surface area contributed by atoms with Crippen molar-refractivity contribution in [1.29, 1.82) is 0 Å². The smallest absolute Gasteiger partial charge is 0.405 e. The van der Waals surface area contributed by atoms with Crippen molar-refractivity contribution < 1.29 is 27.1 Å². The minimum atomic E-state index is -4.36. The van der Waals surface area contributed by atoms with Gasteiger partial charge in [0.05, 0.1) is 11.1 Å². The van der Waals surface area contributed by atoms with Crippen LogP contribution >= 0.6 is 0 Å². The van der Waals surface area contributed by atoms with E-state index in [1.165, 1.54) is 0 Å². The number of aromatic nitrogens is 3. The number of ether oxygens (including phenoxy) is 1. The summed E-state index contributed by atoms with van der Waals surface area (Å²) in [5, 5.41) is 14.6. The number of esters is 1. The Labute approximate surface area is 247 Å². The number of nitrogens with one attached hydrogen (secondary N) is 2. The second-order valence-corrected chi connectivity index (χ2v) is 11.9. The van der Waals surface area contributed by atoms with Crippen molar-refractivity contribution in [2.24, 2.45) is 0 Å². The number of rotatable bonds is 7. The van der Waals surface area contributed by atoms with Gasteiger partial charge in [0.1, 0.15) is 18.3 Å². The number of hydrogen-bond donors (Lipinski definition) is 3. The molecule has 0 amide bonds. The standard InChI is InChI=1S/C31H35F3N6O3/c1-30(2,3)23-15-20(36-17-31(32,33)34)14-22-24(35)16-25(38-26(22)23)27-39-40-29(43-27)37-19-11-7-8-12-21(13-19)42-28(41)18-9-5-4-6-10-18/h4-6,9-10,14-16,19,21,36H,7-8,11-13,17H2,1-3H3,(H2,35,38)(H,37,40). The maximum absolute atomic E-state index is 12.9. The number of benzene rings is 2. The minimum absolute atomic E-state index is 0.0471. The molecule has 0 aliphatic heterocycles. The van der Waals surface area contributed by atoms with Crippen LogP contribution in [-0.2, 0) is 10.2 Å². The summed E-state index contributed by atoms with van der Waals surface area (Å²) in [6.07, 6.45) is -0.508. The van der Waals surface area contributed by atoms with E-state index in [9.17, 15) is 18.0 Å². The first kappa shape index (κ1) is 30.1. The summed E-state index contributed by atoms with van der Waals surface area (Å²) in [6.45, 7) is 4.69. The average molecular weight is 597 g/mol. The fourth-order valence-corrected chi connectivity index (χ4v) is 5.25. The van der Waals surface area contributed by atoms with E-state index in [-0.39, 0.29) is 30.0 Å². The van der Waals surface area contributed by atoms with Crippen molar-refractivity contribution >= 4 is 34.3 Å². The normalized spacial score (nSPS) is 17.8. The van der Waals surface area contributed by atoms with E-state index in [0.717, 1.165) is 31.2 Å². The lowest BCUT2D eigenvalue weighted by Crippen LogP contribution is -2.27. The molecular weight excluding hydrogens is 561 g/mol. The van der Waals surface area contributed by atoms with E-state index in [4.69, 9.17) is 19.9 Å². The van der Waals surface area contributed by atoms with Crippen LogP contribution in [-0.4, -0.2) is 46.0 Å². The molecule has 2 atom stereocenters. The second kappa shape index (κ2) is 12.1. The molecule has 0 saturated heterocycles. The van der Waals surface area contributed by atoms with Gasteiger partial charge in [-0.1, -0.05) is 50.5 Å². The summed E-state index contributed by atoms with van der Waals surface area (Å²) >= 11 is 0. The molecular formula is C31H35F3N6O3. The molecule has 0 spiro atoms. The van der Waals surface area contributed by atoms with Crippen LogP contribution in [0.5, 0.6) is 0 Å². The highest BCUT2D eigenvalue weighted by molar-refractivity contribution is 5.97. The second-order valence-electron chi connectivity index (χ2n) is 11.9. The van der Waals surface area contributed by atoms with Gasteiger partial charge in [0.2, 0.25) is 0 Å². The molecule has 0 bridgehead atoms. The molecule has 4 N–H and O–H groups in total. The minimum Gasteiger partial charge on any atom is -0.459 e. The van der Waals surface area contributed by atoms with Crippen LogP contribution in [0.1, 0.15) is 68.8 Å². The van der Waals surface area contributed by atoms with Gasteiger partial charge in [0.15, 0.2) is 0 Å². The van der Waals surface area contributed by atoms with Crippen LogP contribution in [0.3, 0.4) is 0 Å². The summed E-state index contributed by atoms with van der Waals surface area (Å²) in [6, 6.07) is 13.9. The third kappa shape index (κ3) is 7.54. The topological polar surface area (TPSA) is 128 Å². The van der Waals surface area contributed by atoms with Crippen molar-refractivity contribution in [2.45, 2.75) is 76.6 Å². The summed E-state index contributed by atoms with van der Waals surface area (Å²) in [5.74, 6) is -0.194. The molecule has 2 aromatic heterocycles. The Morgan fingerprint density at radius 3 is 2.53 bits per heavy atom. The van der Waals surface area contributed by atoms with Crippen LogP contribution in [0.4, 0.5) is 30.6 Å². The number of halogens is 3. The number of fused-ring (bicyclic) bond motifs is 1. The zero-order valence-electron chi connectivity index (χ0n) is 24.3. The van der Waals surface area contributed by atoms with Crippen LogP contribution in [0.25, 0.3) is 22.5 Å². The van der Waals surface area contributed by atoms with E-state index < -0.39 is 18.1 Å². The fourth-order valence-electron chi connectivity index (χ4n) is 5.25. The van der Waals surface area contributed by atoms with Crippen LogP contribution in [0, 0.1) is 0 Å². The van der Waals surface area contributed by atoms with Gasteiger partial charge in [-0.15, -0.1) is 5.10 Å². The highest BCUT2D eigenvalue weighted by Gasteiger charge is 2.28. The first-order valence-electron chi connectivity index (χ1n) is 14.3. The Morgan fingerprint density at radius 2 is 1.81 bits per heavy atom. The molecule has 4 aromatic rings. The van der Waals surface area contributed by atoms with Gasteiger partial charge < -0.3 is 25.5 Å². The Kier molecular flexibility index (Phi) is 8.48. The van der Waals surface area contributed by atoms with E-state index in [2.05, 4.69) is 20.8 Å². The van der Waals surface area contributed by atoms with Crippen molar-refractivity contribution in [3.8, 4) is 11.6 Å². The van der Waals surface area contributed by atoms with Crippen LogP contribution in [0.15, 0.2) is 52.9 Å². The fraction of sp³-hybridized carbons (Fsp3) is 0.419. The zero-order valence-corrected chi connectivity index (χ0v) is 24.3. The predicted molar refractivity (Wildman–Crippen MR) is 159 cm³/mol. The van der Waals surface area contributed by atoms with E-state index in [1.807, 2.05) is 26.8 Å². The number of pyridine rings is 1. The van der Waals surface area contributed by atoms with Crippen molar-refractivity contribution in [1.82, 2.24) is 15.2 Å². The van der Waals surface area contributed by atoms with Crippen LogP contribution in [0.2, 0.25) is 0 Å². The molecule has 12 heteroatoms. The van der Waals surface area contributed by atoms with Gasteiger partial charge in [-0.05, 0) is 60.6 Å². The zero-order chi connectivity index (χ0) is 30.8. The summed E-state index contributed by atoms with van der Waals surface area (Å²) in [4.78, 5) is 17.4. The summed E-state index contributed by atoms with van der Waals surface area (Å²) in [5.41, 5.74) is 8.69. The van der Waals surface area contributed by atoms with Gasteiger partial charge in [-0.3, -0.25) is 0 Å². The Balaban J connectivity index is 1.35. The first-order chi connectivity index (χ1) is 20.4. The molecule has 1 fully saturated rings. The van der Waals surface area contributed by atoms with Gasteiger partial charge in [-0.2, -0.15) is 13.2 Å². The molecule has 9 nitrogen and oxygen atoms in total. The number of nitrogen functional groups attached to an aromatic ring is 1. The molecule has 1 saturated carbocycles. The number of carbonyl (C=O) groups is 1. The molecule has 43 heavy (non-hydrogen) atoms. The maximum atomic E-state index is 12.9. The molecule has 5 rings (SSSR count). The molecule has 1 aliphatic carbocycles. The molecule has 0 radical (unpaired) electrons. The largest absolute Gasteiger partial charge is 0.459 e. The number of nitrogens with zero attached hydrogens (tertiary/aromatic N) is 3. The predicted octanol–water partition coefficient (Wildman–Crippen LogP) is 7.11. The SMILES string of the molecule is CC(C)(C)c1cc(NCC(F)(F)F)cc2c(N)cc(-c3nnc(NC4CCCCC(OC(=O)c5ccccc5)C4)o3)nc12. The lowest BCUT2D eigenvalue weighted by Gasteiger charge is -2.23. The van der Waals surface area contributed by atoms with E-state index >= 15 is 0 Å². The average Bonchev–Trinajstić information content (AvgIpc) is 3.30. The third-order valence-corrected chi connectivity index (χ3v) is 7.38. The van der Waals surface area contributed by atoms with Crippen molar-refractivity contribution in [3.05, 3.63) is 59.7 Å². The Morgan fingerprint density at radius 1 is 1.07 bits per heavy atom. The highest BCUT2D eigenvalue weighted by Crippen LogP contribution is 2.37.